The van der Waals surface area contributed by atoms with Crippen molar-refractivity contribution in [1.82, 2.24) is 0 Å². The summed E-state index contributed by atoms with van der Waals surface area (Å²) < 4.78 is 5.22. The van der Waals surface area contributed by atoms with E-state index in [1.54, 1.807) is 6.07 Å². The van der Waals surface area contributed by atoms with Crippen molar-refractivity contribution >= 4 is 28.3 Å². The zero-order chi connectivity index (χ0) is 18.5. The number of hydrogen-bond donors (Lipinski definition) is 1. The fourth-order valence-electron chi connectivity index (χ4n) is 2.53. The Morgan fingerprint density at radius 3 is 2.42 bits per heavy atom. The third-order valence-corrected chi connectivity index (χ3v) is 3.95. The van der Waals surface area contributed by atoms with Crippen LogP contribution in [0.4, 0.5) is 5.69 Å². The van der Waals surface area contributed by atoms with E-state index in [-0.39, 0.29) is 5.56 Å². The van der Waals surface area contributed by atoms with Crippen molar-refractivity contribution in [1.29, 1.82) is 5.26 Å². The molecule has 0 saturated carbocycles. The predicted molar refractivity (Wildman–Crippen MR) is 98.6 cm³/mol. The zero-order valence-electron chi connectivity index (χ0n) is 14.1. The number of fused-ring (bicyclic) bond motifs is 1. The Balaban J connectivity index is 1.69. The molecule has 0 aliphatic heterocycles. The highest BCUT2D eigenvalue weighted by Gasteiger charge is 2.19. The highest BCUT2D eigenvalue weighted by Crippen LogP contribution is 2.23. The lowest BCUT2D eigenvalue weighted by Crippen LogP contribution is -2.30. The molecule has 0 radical (unpaired) electrons. The second kappa shape index (κ2) is 7.49. The van der Waals surface area contributed by atoms with Gasteiger partial charge in [-0.1, -0.05) is 36.4 Å². The molecule has 3 aromatic carbocycles. The smallest absolute Gasteiger partial charge is 0.338 e. The van der Waals surface area contributed by atoms with Gasteiger partial charge in [-0.25, -0.2) is 4.79 Å². The molecule has 1 atom stereocenters. The summed E-state index contributed by atoms with van der Waals surface area (Å²) in [6, 6.07) is 21.3. The van der Waals surface area contributed by atoms with Crippen LogP contribution in [0, 0.1) is 11.3 Å². The molecule has 3 rings (SSSR count). The first kappa shape index (κ1) is 17.2. The van der Waals surface area contributed by atoms with Gasteiger partial charge in [-0.05, 0) is 42.6 Å². The van der Waals surface area contributed by atoms with Crippen molar-refractivity contribution in [2.75, 3.05) is 5.32 Å². The van der Waals surface area contributed by atoms with E-state index in [9.17, 15) is 9.59 Å². The minimum Gasteiger partial charge on any atom is -0.449 e. The largest absolute Gasteiger partial charge is 0.449 e. The van der Waals surface area contributed by atoms with Crippen molar-refractivity contribution in [2.24, 2.45) is 0 Å². The summed E-state index contributed by atoms with van der Waals surface area (Å²) in [6.45, 7) is 1.52. The number of rotatable bonds is 4. The SMILES string of the molecule is C[C@@H](OC(=O)c1ccc(C#N)cc1)C(=O)Nc1cccc2ccccc12. The quantitative estimate of drug-likeness (QED) is 0.728. The van der Waals surface area contributed by atoms with E-state index in [2.05, 4.69) is 5.32 Å². The number of ether oxygens (including phenoxy) is 1. The average Bonchev–Trinajstić information content (AvgIpc) is 2.68. The molecular weight excluding hydrogens is 328 g/mol. The van der Waals surface area contributed by atoms with Crippen LogP contribution < -0.4 is 5.32 Å². The summed E-state index contributed by atoms with van der Waals surface area (Å²) in [6.07, 6.45) is -0.961. The molecule has 128 valence electrons. The highest BCUT2D eigenvalue weighted by atomic mass is 16.5. The Labute approximate surface area is 150 Å². The van der Waals surface area contributed by atoms with E-state index in [1.807, 2.05) is 42.5 Å². The standard InChI is InChI=1S/C21H16N2O3/c1-14(26-21(25)17-11-9-15(13-22)10-12-17)20(24)23-19-8-4-6-16-5-2-3-7-18(16)19/h2-12,14H,1H3,(H,23,24)/t14-/m1/s1. The van der Waals surface area contributed by atoms with Gasteiger partial charge in [0.25, 0.3) is 5.91 Å². The van der Waals surface area contributed by atoms with Crippen molar-refractivity contribution in [3.8, 4) is 6.07 Å². The lowest BCUT2D eigenvalue weighted by molar-refractivity contribution is -0.123. The summed E-state index contributed by atoms with van der Waals surface area (Å²) in [4.78, 5) is 24.5. The third kappa shape index (κ3) is 3.70. The molecule has 3 aromatic rings. The molecule has 0 aromatic heterocycles. The summed E-state index contributed by atoms with van der Waals surface area (Å²) in [7, 11) is 0. The van der Waals surface area contributed by atoms with E-state index >= 15 is 0 Å². The number of nitrogens with zero attached hydrogens (tertiary/aromatic N) is 1. The van der Waals surface area contributed by atoms with Gasteiger partial charge in [-0.2, -0.15) is 5.26 Å². The number of carbonyl (C=O) groups excluding carboxylic acids is 2. The number of hydrogen-bond acceptors (Lipinski definition) is 4. The second-order valence-corrected chi connectivity index (χ2v) is 5.75. The van der Waals surface area contributed by atoms with Gasteiger partial charge in [0.05, 0.1) is 17.2 Å². The van der Waals surface area contributed by atoms with E-state index in [0.29, 0.717) is 11.3 Å². The molecular formula is C21H16N2O3. The molecule has 0 aliphatic carbocycles. The molecule has 0 bridgehead atoms. The Bertz CT molecular complexity index is 998. The molecule has 5 heteroatoms. The molecule has 5 nitrogen and oxygen atoms in total. The second-order valence-electron chi connectivity index (χ2n) is 5.75. The first-order valence-electron chi connectivity index (χ1n) is 8.08. The lowest BCUT2D eigenvalue weighted by atomic mass is 10.1. The van der Waals surface area contributed by atoms with E-state index in [4.69, 9.17) is 10.00 Å². The monoisotopic (exact) mass is 344 g/mol. The van der Waals surface area contributed by atoms with Crippen LogP contribution in [0.1, 0.15) is 22.8 Å². The van der Waals surface area contributed by atoms with E-state index in [1.165, 1.54) is 31.2 Å². The zero-order valence-corrected chi connectivity index (χ0v) is 14.1. The Kier molecular flexibility index (Phi) is 4.95. The molecule has 0 heterocycles. The fraction of sp³-hybridized carbons (Fsp3) is 0.0952. The van der Waals surface area contributed by atoms with Crippen LogP contribution in [0.2, 0.25) is 0 Å². The van der Waals surface area contributed by atoms with Crippen molar-refractivity contribution in [2.45, 2.75) is 13.0 Å². The Morgan fingerprint density at radius 1 is 1.00 bits per heavy atom. The van der Waals surface area contributed by atoms with Crippen molar-refractivity contribution < 1.29 is 14.3 Å². The average molecular weight is 344 g/mol. The summed E-state index contributed by atoms with van der Waals surface area (Å²) in [5, 5.41) is 13.5. The molecule has 1 amide bonds. The molecule has 0 aliphatic rings. The maximum atomic E-state index is 12.4. The van der Waals surface area contributed by atoms with Gasteiger partial charge in [-0.3, -0.25) is 4.79 Å². The van der Waals surface area contributed by atoms with Crippen LogP contribution in [0.5, 0.6) is 0 Å². The van der Waals surface area contributed by atoms with Crippen molar-refractivity contribution in [3.63, 3.8) is 0 Å². The maximum Gasteiger partial charge on any atom is 0.338 e. The number of benzene rings is 3. The van der Waals surface area contributed by atoms with Crippen LogP contribution in [-0.4, -0.2) is 18.0 Å². The topological polar surface area (TPSA) is 79.2 Å². The van der Waals surface area contributed by atoms with Gasteiger partial charge in [0.2, 0.25) is 0 Å². The number of carbonyl (C=O) groups is 2. The summed E-state index contributed by atoms with van der Waals surface area (Å²) in [5.41, 5.74) is 1.39. The van der Waals surface area contributed by atoms with Crippen LogP contribution in [0.3, 0.4) is 0 Å². The van der Waals surface area contributed by atoms with Crippen LogP contribution in [0.25, 0.3) is 10.8 Å². The van der Waals surface area contributed by atoms with Crippen LogP contribution in [0.15, 0.2) is 66.7 Å². The molecule has 26 heavy (non-hydrogen) atoms. The summed E-state index contributed by atoms with van der Waals surface area (Å²) in [5.74, 6) is -1.03. The normalized spacial score (nSPS) is 11.4. The van der Waals surface area contributed by atoms with Gasteiger partial charge in [0.15, 0.2) is 6.10 Å². The van der Waals surface area contributed by atoms with Crippen molar-refractivity contribution in [3.05, 3.63) is 77.9 Å². The Morgan fingerprint density at radius 2 is 1.69 bits per heavy atom. The molecule has 0 spiro atoms. The highest BCUT2D eigenvalue weighted by molar-refractivity contribution is 6.04. The summed E-state index contributed by atoms with van der Waals surface area (Å²) >= 11 is 0. The minimum atomic E-state index is -0.961. The van der Waals surface area contributed by atoms with Gasteiger partial charge < -0.3 is 10.1 Å². The van der Waals surface area contributed by atoms with Gasteiger partial charge in [-0.15, -0.1) is 0 Å². The first-order chi connectivity index (χ1) is 12.6. The number of anilines is 1. The fourth-order valence-corrected chi connectivity index (χ4v) is 2.53. The maximum absolute atomic E-state index is 12.4. The van der Waals surface area contributed by atoms with E-state index in [0.717, 1.165) is 10.8 Å². The number of esters is 1. The minimum absolute atomic E-state index is 0.286. The predicted octanol–water partition coefficient (Wildman–Crippen LogP) is 3.90. The van der Waals surface area contributed by atoms with E-state index < -0.39 is 18.0 Å². The van der Waals surface area contributed by atoms with Gasteiger partial charge >= 0.3 is 5.97 Å². The van der Waals surface area contributed by atoms with Gasteiger partial charge in [0, 0.05) is 11.1 Å². The lowest BCUT2D eigenvalue weighted by Gasteiger charge is -2.14. The van der Waals surface area contributed by atoms with Crippen LogP contribution >= 0.6 is 0 Å². The third-order valence-electron chi connectivity index (χ3n) is 3.95. The number of amides is 1. The Hall–Kier alpha value is -3.65. The van der Waals surface area contributed by atoms with Gasteiger partial charge in [0.1, 0.15) is 0 Å². The number of nitrogens with one attached hydrogen (secondary N) is 1. The van der Waals surface area contributed by atoms with Crippen LogP contribution in [-0.2, 0) is 9.53 Å². The molecule has 0 fully saturated rings. The molecule has 1 N–H and O–H groups in total. The first-order valence-corrected chi connectivity index (χ1v) is 8.08. The molecule has 0 unspecified atom stereocenters. The molecule has 0 saturated heterocycles. The number of nitriles is 1.